The van der Waals surface area contributed by atoms with Crippen LogP contribution in [0.3, 0.4) is 0 Å². The third-order valence-corrected chi connectivity index (χ3v) is 0.666. The van der Waals surface area contributed by atoms with E-state index in [-0.39, 0.29) is 26.4 Å². The number of rotatable bonds is 3. The number of esters is 1. The van der Waals surface area contributed by atoms with Crippen LogP contribution in [0.1, 0.15) is 0 Å². The van der Waals surface area contributed by atoms with Gasteiger partial charge in [-0.3, -0.25) is 9.11 Å². The van der Waals surface area contributed by atoms with Crippen LogP contribution in [0.4, 0.5) is 0 Å². The quantitative estimate of drug-likeness (QED) is 0.133. The molecule has 12 heteroatoms. The first-order valence-electron chi connectivity index (χ1n) is 4.85. The SMILES string of the molecule is C#CC(=O)O.C#CC(=O)OCCO.O=S(=O)(O)O.OCCO. The molecule has 128 valence electrons. The molecule has 0 amide bonds. The minimum atomic E-state index is -4.67. The van der Waals surface area contributed by atoms with Gasteiger partial charge in [0.15, 0.2) is 0 Å². The van der Waals surface area contributed by atoms with Crippen LogP contribution in [0.2, 0.25) is 0 Å². The first-order valence-corrected chi connectivity index (χ1v) is 6.25. The number of carbonyl (C=O) groups excluding carboxylic acids is 1. The highest BCUT2D eigenvalue weighted by molar-refractivity contribution is 7.79. The molecule has 0 aliphatic rings. The van der Waals surface area contributed by atoms with Crippen LogP contribution >= 0.6 is 0 Å². The maximum Gasteiger partial charge on any atom is 0.394 e. The van der Waals surface area contributed by atoms with Gasteiger partial charge >= 0.3 is 22.3 Å². The molecule has 0 atom stereocenters. The Kier molecular flexibility index (Phi) is 26.9. The van der Waals surface area contributed by atoms with E-state index in [1.165, 1.54) is 5.92 Å². The van der Waals surface area contributed by atoms with Crippen molar-refractivity contribution in [3.8, 4) is 24.7 Å². The molecule has 0 radical (unpaired) electrons. The summed E-state index contributed by atoms with van der Waals surface area (Å²) in [5, 5.41) is 30.8. The second-order valence-electron chi connectivity index (χ2n) is 2.35. The van der Waals surface area contributed by atoms with Crippen molar-refractivity contribution in [1.82, 2.24) is 0 Å². The molecule has 0 aliphatic heterocycles. The number of carboxylic acids is 1. The molecule has 0 spiro atoms. The van der Waals surface area contributed by atoms with E-state index in [9.17, 15) is 4.79 Å². The predicted octanol–water partition coefficient (Wildman–Crippen LogP) is -2.82. The van der Waals surface area contributed by atoms with Gasteiger partial charge in [-0.2, -0.15) is 8.42 Å². The molecule has 0 saturated carbocycles. The van der Waals surface area contributed by atoms with E-state index in [0.29, 0.717) is 0 Å². The number of hydrogen-bond donors (Lipinski definition) is 6. The molecule has 0 aliphatic carbocycles. The van der Waals surface area contributed by atoms with Gasteiger partial charge in [-0.15, -0.1) is 12.8 Å². The van der Waals surface area contributed by atoms with Gasteiger partial charge in [0.1, 0.15) is 6.61 Å². The molecule has 0 saturated heterocycles. The topological polar surface area (TPSA) is 199 Å². The van der Waals surface area contributed by atoms with Gasteiger partial charge in [-0.1, -0.05) is 0 Å². The first-order chi connectivity index (χ1) is 9.99. The summed E-state index contributed by atoms with van der Waals surface area (Å²) in [6.07, 6.45) is 8.93. The molecule has 0 aromatic heterocycles. The lowest BCUT2D eigenvalue weighted by atomic mass is 10.7. The van der Waals surface area contributed by atoms with E-state index in [1.54, 1.807) is 5.92 Å². The van der Waals surface area contributed by atoms with E-state index in [0.717, 1.165) is 0 Å². The van der Waals surface area contributed by atoms with Gasteiger partial charge in [0.05, 0.1) is 19.8 Å². The predicted molar refractivity (Wildman–Crippen MR) is 71.7 cm³/mol. The van der Waals surface area contributed by atoms with Crippen molar-refractivity contribution >= 4 is 22.3 Å². The average Bonchev–Trinajstić information content (AvgIpc) is 2.43. The van der Waals surface area contributed by atoms with Crippen molar-refractivity contribution in [1.29, 1.82) is 0 Å². The van der Waals surface area contributed by atoms with Crippen LogP contribution < -0.4 is 0 Å². The zero-order chi connectivity index (χ0) is 18.6. The normalized spacial score (nSPS) is 7.95. The van der Waals surface area contributed by atoms with Crippen molar-refractivity contribution in [2.24, 2.45) is 0 Å². The van der Waals surface area contributed by atoms with Crippen molar-refractivity contribution in [3.63, 3.8) is 0 Å². The number of ether oxygens (including phenoxy) is 1. The van der Waals surface area contributed by atoms with Gasteiger partial charge in [-0.05, 0) is 0 Å². The molecular weight excluding hydrogens is 328 g/mol. The fourth-order valence-electron chi connectivity index (χ4n) is 0.180. The minimum absolute atomic E-state index is 0.0248. The summed E-state index contributed by atoms with van der Waals surface area (Å²) in [6, 6.07) is 0. The van der Waals surface area contributed by atoms with Crippen LogP contribution in [-0.2, 0) is 24.7 Å². The maximum absolute atomic E-state index is 10.0. The van der Waals surface area contributed by atoms with E-state index < -0.39 is 22.3 Å². The Bertz CT molecular complexity index is 444. The molecule has 0 aromatic carbocycles. The zero-order valence-corrected chi connectivity index (χ0v) is 11.9. The molecule has 0 fully saturated rings. The molecule has 0 unspecified atom stereocenters. The first kappa shape index (κ1) is 28.0. The summed E-state index contributed by atoms with van der Waals surface area (Å²) < 4.78 is 35.8. The number of aliphatic carboxylic acids is 1. The lowest BCUT2D eigenvalue weighted by molar-refractivity contribution is -0.137. The van der Waals surface area contributed by atoms with Crippen molar-refractivity contribution < 1.29 is 52.3 Å². The number of aliphatic hydroxyl groups excluding tert-OH is 3. The summed E-state index contributed by atoms with van der Waals surface area (Å²) >= 11 is 0. The number of terminal acetylenes is 2. The third kappa shape index (κ3) is 109. The molecule has 6 N–H and O–H groups in total. The summed E-state index contributed by atoms with van der Waals surface area (Å²) in [5.74, 6) is 1.22. The van der Waals surface area contributed by atoms with Crippen molar-refractivity contribution in [3.05, 3.63) is 0 Å². The molecule has 22 heavy (non-hydrogen) atoms. The van der Waals surface area contributed by atoms with Gasteiger partial charge in [-0.25, -0.2) is 9.59 Å². The fourth-order valence-corrected chi connectivity index (χ4v) is 0.180. The monoisotopic (exact) mass is 344 g/mol. The largest absolute Gasteiger partial charge is 0.472 e. The standard InChI is InChI=1S/C5H6O3.C3H2O2.C2H6O2.H2O4S/c1-2-5(7)8-4-3-6;1-2-3(4)5;3-1-2-4;1-5(2,3)4/h1,6H,3-4H2;1H,(H,4,5);3-4H,1-2H2;(H2,1,2,3,4). The Morgan fingerprint density at radius 2 is 1.27 bits per heavy atom. The summed E-state index contributed by atoms with van der Waals surface area (Å²) in [6.45, 7) is -0.462. The van der Waals surface area contributed by atoms with Gasteiger partial charge in [0, 0.05) is 11.8 Å². The number of aliphatic hydroxyl groups is 3. The fraction of sp³-hybridized carbons (Fsp3) is 0.400. The van der Waals surface area contributed by atoms with E-state index in [2.05, 4.69) is 17.6 Å². The van der Waals surface area contributed by atoms with Crippen molar-refractivity contribution in [2.75, 3.05) is 26.4 Å². The maximum atomic E-state index is 10.0. The third-order valence-electron chi connectivity index (χ3n) is 0.666. The van der Waals surface area contributed by atoms with Gasteiger partial charge in [0.2, 0.25) is 0 Å². The molecule has 0 rings (SSSR count). The summed E-state index contributed by atoms with van der Waals surface area (Å²) in [5.41, 5.74) is 0. The van der Waals surface area contributed by atoms with Gasteiger partial charge in [0.25, 0.3) is 0 Å². The highest BCUT2D eigenvalue weighted by atomic mass is 32.3. The van der Waals surface area contributed by atoms with E-state index >= 15 is 0 Å². The van der Waals surface area contributed by atoms with Crippen LogP contribution in [-0.4, -0.2) is 76.3 Å². The molecule has 0 bridgehead atoms. The lowest BCUT2D eigenvalue weighted by Crippen LogP contribution is -2.04. The lowest BCUT2D eigenvalue weighted by Gasteiger charge is -1.92. The van der Waals surface area contributed by atoms with Gasteiger partial charge < -0.3 is 25.2 Å². The Balaban J connectivity index is -0.000000102. The minimum Gasteiger partial charge on any atom is -0.472 e. The molecule has 0 heterocycles. The molecule has 11 nitrogen and oxygen atoms in total. The van der Waals surface area contributed by atoms with Crippen LogP contribution in [0, 0.1) is 24.7 Å². The number of carboxylic acid groups (broad SMARTS) is 1. The molecule has 0 aromatic rings. The van der Waals surface area contributed by atoms with Crippen LogP contribution in [0.5, 0.6) is 0 Å². The smallest absolute Gasteiger partial charge is 0.394 e. The second-order valence-corrected chi connectivity index (χ2v) is 3.24. The highest BCUT2D eigenvalue weighted by Crippen LogP contribution is 1.71. The van der Waals surface area contributed by atoms with Crippen LogP contribution in [0.15, 0.2) is 0 Å². The Morgan fingerprint density at radius 1 is 0.955 bits per heavy atom. The highest BCUT2D eigenvalue weighted by Gasteiger charge is 1.91. The average molecular weight is 344 g/mol. The van der Waals surface area contributed by atoms with Crippen LogP contribution in [0.25, 0.3) is 0 Å². The second kappa shape index (κ2) is 21.1. The number of hydrogen-bond acceptors (Lipinski definition) is 8. The summed E-state index contributed by atoms with van der Waals surface area (Å²) in [7, 11) is -4.67. The Morgan fingerprint density at radius 3 is 1.41 bits per heavy atom. The van der Waals surface area contributed by atoms with E-state index in [1.807, 2.05) is 0 Å². The Hall–Kier alpha value is -2.19. The van der Waals surface area contributed by atoms with E-state index in [4.69, 9.17) is 42.7 Å². The Labute approximate surface area is 126 Å². The van der Waals surface area contributed by atoms with Crippen molar-refractivity contribution in [2.45, 2.75) is 0 Å². The zero-order valence-electron chi connectivity index (χ0n) is 11.1. The summed E-state index contributed by atoms with van der Waals surface area (Å²) in [4.78, 5) is 19.1. The molecular formula is C10H16O11S. The number of carbonyl (C=O) groups is 2.